The molecule has 96 valence electrons. The Bertz CT molecular complexity index is 356. The average Bonchev–Trinajstić information content (AvgIpc) is 2.78. The van der Waals surface area contributed by atoms with Gasteiger partial charge in [0.2, 0.25) is 0 Å². The van der Waals surface area contributed by atoms with Crippen molar-refractivity contribution in [1.82, 2.24) is 20.2 Å². The fourth-order valence-corrected chi connectivity index (χ4v) is 4.67. The van der Waals surface area contributed by atoms with E-state index in [-0.39, 0.29) is 0 Å². The van der Waals surface area contributed by atoms with Crippen LogP contribution >= 0.6 is 23.5 Å². The van der Waals surface area contributed by atoms with E-state index >= 15 is 0 Å². The van der Waals surface area contributed by atoms with Gasteiger partial charge in [0.1, 0.15) is 0 Å². The van der Waals surface area contributed by atoms with Gasteiger partial charge in [0.05, 0.1) is 5.25 Å². The zero-order valence-electron chi connectivity index (χ0n) is 10.2. The summed E-state index contributed by atoms with van der Waals surface area (Å²) in [5, 5.41) is 13.8. The van der Waals surface area contributed by atoms with E-state index < -0.39 is 0 Å². The Kier molecular flexibility index (Phi) is 4.69. The van der Waals surface area contributed by atoms with E-state index in [0.29, 0.717) is 22.3 Å². The highest BCUT2D eigenvalue weighted by molar-refractivity contribution is 8.07. The number of nitrogens with zero attached hydrogens (tertiary/aromatic N) is 4. The first-order valence-corrected chi connectivity index (χ1v) is 7.94. The predicted octanol–water partition coefficient (Wildman–Crippen LogP) is 1.32. The number of aromatic nitrogens is 4. The van der Waals surface area contributed by atoms with Gasteiger partial charge in [0, 0.05) is 22.8 Å². The number of aryl methyl sites for hydroxylation is 1. The molecule has 1 aliphatic heterocycles. The lowest BCUT2D eigenvalue weighted by atomic mass is 10.3. The topological polar surface area (TPSA) is 69.6 Å². The number of thioether (sulfide) groups is 2. The lowest BCUT2D eigenvalue weighted by Gasteiger charge is -2.30. The first-order chi connectivity index (χ1) is 8.22. The molecule has 1 aliphatic rings. The molecular weight excluding hydrogens is 254 g/mol. The van der Waals surface area contributed by atoms with Crippen molar-refractivity contribution in [3.63, 3.8) is 0 Å². The van der Waals surface area contributed by atoms with Crippen molar-refractivity contribution in [3.8, 4) is 0 Å². The minimum atomic E-state index is 0.416. The minimum Gasteiger partial charge on any atom is -0.330 e. The maximum Gasteiger partial charge on any atom is 0.165 e. The van der Waals surface area contributed by atoms with Crippen LogP contribution in [-0.2, 0) is 6.54 Å². The van der Waals surface area contributed by atoms with Crippen molar-refractivity contribution in [1.29, 1.82) is 0 Å². The monoisotopic (exact) mass is 273 g/mol. The molecule has 1 fully saturated rings. The molecule has 0 amide bonds. The molecule has 2 rings (SSSR count). The van der Waals surface area contributed by atoms with Gasteiger partial charge in [0.25, 0.3) is 0 Å². The van der Waals surface area contributed by atoms with Crippen LogP contribution in [0.5, 0.6) is 0 Å². The van der Waals surface area contributed by atoms with Crippen LogP contribution in [0.2, 0.25) is 0 Å². The average molecular weight is 273 g/mol. The van der Waals surface area contributed by atoms with Gasteiger partial charge in [-0.25, -0.2) is 4.68 Å². The van der Waals surface area contributed by atoms with Crippen LogP contribution in [0.15, 0.2) is 0 Å². The quantitative estimate of drug-likeness (QED) is 0.892. The highest BCUT2D eigenvalue weighted by Gasteiger charge is 2.30. The molecule has 0 aliphatic carbocycles. The number of hydrogen-bond acceptors (Lipinski definition) is 6. The van der Waals surface area contributed by atoms with Crippen molar-refractivity contribution in [2.75, 3.05) is 12.3 Å². The third-order valence-electron chi connectivity index (χ3n) is 2.97. The van der Waals surface area contributed by atoms with E-state index in [0.717, 1.165) is 24.5 Å². The number of rotatable bonds is 4. The van der Waals surface area contributed by atoms with Gasteiger partial charge >= 0.3 is 0 Å². The molecule has 2 N–H and O–H groups in total. The summed E-state index contributed by atoms with van der Waals surface area (Å²) in [7, 11) is 0. The molecule has 17 heavy (non-hydrogen) atoms. The second-order valence-electron chi connectivity index (χ2n) is 4.27. The fourth-order valence-electron chi connectivity index (χ4n) is 1.76. The fraction of sp³-hybridized carbons (Fsp3) is 0.900. The molecule has 0 aromatic carbocycles. The van der Waals surface area contributed by atoms with E-state index in [4.69, 9.17) is 5.73 Å². The highest BCUT2D eigenvalue weighted by Crippen LogP contribution is 2.43. The third-order valence-corrected chi connectivity index (χ3v) is 6.36. The number of tetrazole rings is 1. The van der Waals surface area contributed by atoms with Crippen molar-refractivity contribution in [3.05, 3.63) is 5.82 Å². The molecule has 1 aromatic rings. The summed E-state index contributed by atoms with van der Waals surface area (Å²) >= 11 is 4.00. The van der Waals surface area contributed by atoms with E-state index in [2.05, 4.69) is 29.4 Å². The van der Waals surface area contributed by atoms with Crippen molar-refractivity contribution in [2.45, 2.75) is 42.6 Å². The van der Waals surface area contributed by atoms with E-state index in [1.807, 2.05) is 28.2 Å². The largest absolute Gasteiger partial charge is 0.330 e. The van der Waals surface area contributed by atoms with Gasteiger partial charge in [-0.1, -0.05) is 13.8 Å². The maximum atomic E-state index is 5.52. The third kappa shape index (κ3) is 3.14. The second-order valence-corrected chi connectivity index (χ2v) is 7.27. The SMILES string of the molecule is CC1SCC(c2nnnn2CCCN)SC1C. The van der Waals surface area contributed by atoms with Crippen LogP contribution in [0, 0.1) is 0 Å². The maximum absolute atomic E-state index is 5.52. The van der Waals surface area contributed by atoms with Gasteiger partial charge in [-0.05, 0) is 23.4 Å². The summed E-state index contributed by atoms with van der Waals surface area (Å²) in [6.07, 6.45) is 0.925. The second kappa shape index (κ2) is 6.06. The molecule has 3 atom stereocenters. The Morgan fingerprint density at radius 2 is 2.24 bits per heavy atom. The van der Waals surface area contributed by atoms with Crippen LogP contribution < -0.4 is 5.73 Å². The van der Waals surface area contributed by atoms with Gasteiger partial charge in [-0.15, -0.1) is 16.9 Å². The minimum absolute atomic E-state index is 0.416. The van der Waals surface area contributed by atoms with E-state index in [1.54, 1.807) is 0 Å². The number of hydrogen-bond donors (Lipinski definition) is 1. The molecule has 1 saturated heterocycles. The Morgan fingerprint density at radius 1 is 1.41 bits per heavy atom. The Morgan fingerprint density at radius 3 is 2.94 bits per heavy atom. The molecule has 5 nitrogen and oxygen atoms in total. The van der Waals surface area contributed by atoms with Gasteiger partial charge < -0.3 is 5.73 Å². The summed E-state index contributed by atoms with van der Waals surface area (Å²) in [6, 6.07) is 0. The first-order valence-electron chi connectivity index (χ1n) is 5.95. The predicted molar refractivity (Wildman–Crippen MR) is 73.2 cm³/mol. The molecule has 0 bridgehead atoms. The van der Waals surface area contributed by atoms with E-state index in [1.165, 1.54) is 0 Å². The van der Waals surface area contributed by atoms with Gasteiger partial charge in [-0.2, -0.15) is 11.8 Å². The normalized spacial score (nSPS) is 29.5. The Balaban J connectivity index is 2.04. The number of nitrogens with two attached hydrogens (primary N) is 1. The van der Waals surface area contributed by atoms with Crippen molar-refractivity contribution < 1.29 is 0 Å². The van der Waals surface area contributed by atoms with Crippen LogP contribution in [-0.4, -0.2) is 43.0 Å². The Labute approximate surface area is 110 Å². The molecule has 3 unspecified atom stereocenters. The molecule has 2 heterocycles. The summed E-state index contributed by atoms with van der Waals surface area (Å²) < 4.78 is 1.91. The van der Waals surface area contributed by atoms with Gasteiger partial charge in [0.15, 0.2) is 5.82 Å². The molecule has 0 saturated carbocycles. The summed E-state index contributed by atoms with van der Waals surface area (Å²) in [5.74, 6) is 2.11. The smallest absolute Gasteiger partial charge is 0.165 e. The van der Waals surface area contributed by atoms with Crippen molar-refractivity contribution >= 4 is 23.5 Å². The highest BCUT2D eigenvalue weighted by atomic mass is 32.2. The summed E-state index contributed by atoms with van der Waals surface area (Å²) in [5.41, 5.74) is 5.52. The van der Waals surface area contributed by atoms with Crippen LogP contribution in [0.3, 0.4) is 0 Å². The molecule has 7 heteroatoms. The lowest BCUT2D eigenvalue weighted by molar-refractivity contribution is 0.543. The summed E-state index contributed by atoms with van der Waals surface area (Å²) in [6.45, 7) is 6.07. The van der Waals surface area contributed by atoms with Crippen LogP contribution in [0.25, 0.3) is 0 Å². The van der Waals surface area contributed by atoms with Crippen LogP contribution in [0.1, 0.15) is 31.3 Å². The van der Waals surface area contributed by atoms with Crippen LogP contribution in [0.4, 0.5) is 0 Å². The molecular formula is C10H19N5S2. The first kappa shape index (κ1) is 13.2. The molecule has 1 aromatic heterocycles. The van der Waals surface area contributed by atoms with Crippen molar-refractivity contribution in [2.24, 2.45) is 5.73 Å². The zero-order valence-corrected chi connectivity index (χ0v) is 11.9. The van der Waals surface area contributed by atoms with E-state index in [9.17, 15) is 0 Å². The molecule has 0 radical (unpaired) electrons. The zero-order chi connectivity index (χ0) is 12.3. The lowest BCUT2D eigenvalue weighted by Crippen LogP contribution is -2.24. The molecule has 0 spiro atoms. The Hall–Kier alpha value is -0.270. The summed E-state index contributed by atoms with van der Waals surface area (Å²) in [4.78, 5) is 0. The van der Waals surface area contributed by atoms with Gasteiger partial charge in [-0.3, -0.25) is 0 Å². The standard InChI is InChI=1S/C10H19N5S2/c1-7-8(2)17-9(6-16-7)10-12-13-14-15(10)5-3-4-11/h7-9H,3-6,11H2,1-2H3.